The molecule has 120 valence electrons. The Labute approximate surface area is 127 Å². The first-order valence-corrected chi connectivity index (χ1v) is 7.52. The van der Waals surface area contributed by atoms with Crippen molar-refractivity contribution in [2.75, 3.05) is 6.54 Å². The maximum absolute atomic E-state index is 11.6. The van der Waals surface area contributed by atoms with Gasteiger partial charge in [0, 0.05) is 31.9 Å². The Balaban J connectivity index is 2.28. The molecule has 0 spiro atoms. The zero-order valence-corrected chi connectivity index (χ0v) is 13.8. The summed E-state index contributed by atoms with van der Waals surface area (Å²) >= 11 is 0. The van der Waals surface area contributed by atoms with Gasteiger partial charge in [0.05, 0.1) is 5.69 Å². The van der Waals surface area contributed by atoms with Crippen molar-refractivity contribution in [3.8, 4) is 0 Å². The quantitative estimate of drug-likeness (QED) is 0.810. The van der Waals surface area contributed by atoms with Crippen molar-refractivity contribution in [2.45, 2.75) is 65.8 Å². The number of carbonyl (C=O) groups is 1. The third-order valence-corrected chi connectivity index (χ3v) is 2.76. The Morgan fingerprint density at radius 2 is 2.19 bits per heavy atom. The Bertz CT molecular complexity index is 437. The minimum absolute atomic E-state index is 0.00222. The van der Waals surface area contributed by atoms with E-state index >= 15 is 0 Å². The second kappa shape index (κ2) is 8.02. The second-order valence-corrected chi connectivity index (χ2v) is 6.22. The van der Waals surface area contributed by atoms with Crippen LogP contribution >= 0.6 is 0 Å². The van der Waals surface area contributed by atoms with Crippen molar-refractivity contribution < 1.29 is 9.53 Å². The number of aryl methyl sites for hydroxylation is 1. The van der Waals surface area contributed by atoms with Gasteiger partial charge in [-0.15, -0.1) is 0 Å². The Hall–Kier alpha value is -1.56. The third-order valence-electron chi connectivity index (χ3n) is 2.76. The standard InChI is InChI=1S/C15H28N4O2/c1-6-9-19-13(7-8-17-19)11-16-10-12(2)18-14(20)21-15(3,4)5/h7-8,12,16H,6,9-11H2,1-5H3,(H,18,20). The van der Waals surface area contributed by atoms with Crippen LogP contribution in [-0.2, 0) is 17.8 Å². The molecule has 0 aliphatic rings. The summed E-state index contributed by atoms with van der Waals surface area (Å²) in [6.07, 6.45) is 2.49. The van der Waals surface area contributed by atoms with E-state index in [0.29, 0.717) is 6.54 Å². The molecule has 1 atom stereocenters. The van der Waals surface area contributed by atoms with Gasteiger partial charge in [0.25, 0.3) is 0 Å². The molecule has 0 saturated carbocycles. The highest BCUT2D eigenvalue weighted by Gasteiger charge is 2.17. The largest absolute Gasteiger partial charge is 0.444 e. The van der Waals surface area contributed by atoms with E-state index in [0.717, 1.165) is 25.2 Å². The zero-order chi connectivity index (χ0) is 15.9. The smallest absolute Gasteiger partial charge is 0.407 e. The molecule has 1 heterocycles. The molecule has 0 aliphatic carbocycles. The minimum atomic E-state index is -0.468. The zero-order valence-electron chi connectivity index (χ0n) is 13.8. The number of rotatable bonds is 7. The Kier molecular flexibility index (Phi) is 6.68. The fraction of sp³-hybridized carbons (Fsp3) is 0.733. The van der Waals surface area contributed by atoms with Gasteiger partial charge in [0.1, 0.15) is 5.60 Å². The number of aromatic nitrogens is 2. The van der Waals surface area contributed by atoms with Gasteiger partial charge in [-0.3, -0.25) is 4.68 Å². The van der Waals surface area contributed by atoms with Crippen LogP contribution in [0, 0.1) is 0 Å². The molecule has 1 amide bonds. The number of carbonyl (C=O) groups excluding carboxylic acids is 1. The number of alkyl carbamates (subject to hydrolysis) is 1. The molecular weight excluding hydrogens is 268 g/mol. The highest BCUT2D eigenvalue weighted by atomic mass is 16.6. The summed E-state index contributed by atoms with van der Waals surface area (Å²) in [6.45, 7) is 12.0. The molecule has 6 nitrogen and oxygen atoms in total. The highest BCUT2D eigenvalue weighted by Crippen LogP contribution is 2.06. The lowest BCUT2D eigenvalue weighted by molar-refractivity contribution is 0.0508. The fourth-order valence-electron chi connectivity index (χ4n) is 1.90. The molecular formula is C15H28N4O2. The maximum atomic E-state index is 11.6. The summed E-state index contributed by atoms with van der Waals surface area (Å²) in [5.74, 6) is 0. The van der Waals surface area contributed by atoms with Crippen molar-refractivity contribution in [1.29, 1.82) is 0 Å². The van der Waals surface area contributed by atoms with Gasteiger partial charge in [-0.25, -0.2) is 4.79 Å². The van der Waals surface area contributed by atoms with Crippen LogP contribution < -0.4 is 10.6 Å². The van der Waals surface area contributed by atoms with E-state index in [2.05, 4.69) is 22.7 Å². The number of ether oxygens (including phenoxy) is 1. The molecule has 21 heavy (non-hydrogen) atoms. The predicted molar refractivity (Wildman–Crippen MR) is 83.1 cm³/mol. The first-order chi connectivity index (χ1) is 9.81. The van der Waals surface area contributed by atoms with Crippen LogP contribution in [0.2, 0.25) is 0 Å². The first kappa shape index (κ1) is 17.5. The molecule has 1 rings (SSSR count). The van der Waals surface area contributed by atoms with E-state index in [4.69, 9.17) is 4.74 Å². The molecule has 1 aromatic heterocycles. The van der Waals surface area contributed by atoms with E-state index < -0.39 is 5.60 Å². The van der Waals surface area contributed by atoms with Crippen LogP contribution in [0.5, 0.6) is 0 Å². The van der Waals surface area contributed by atoms with E-state index in [-0.39, 0.29) is 12.1 Å². The minimum Gasteiger partial charge on any atom is -0.444 e. The van der Waals surface area contributed by atoms with Gasteiger partial charge < -0.3 is 15.4 Å². The lowest BCUT2D eigenvalue weighted by atomic mass is 10.2. The van der Waals surface area contributed by atoms with E-state index in [1.54, 1.807) is 0 Å². The average molecular weight is 296 g/mol. The van der Waals surface area contributed by atoms with Gasteiger partial charge >= 0.3 is 6.09 Å². The molecule has 0 radical (unpaired) electrons. The van der Waals surface area contributed by atoms with Gasteiger partial charge in [0.15, 0.2) is 0 Å². The molecule has 0 aromatic carbocycles. The van der Waals surface area contributed by atoms with Gasteiger partial charge in [-0.2, -0.15) is 5.10 Å². The summed E-state index contributed by atoms with van der Waals surface area (Å²) in [7, 11) is 0. The van der Waals surface area contributed by atoms with Crippen molar-refractivity contribution >= 4 is 6.09 Å². The second-order valence-electron chi connectivity index (χ2n) is 6.22. The summed E-state index contributed by atoms with van der Waals surface area (Å²) in [4.78, 5) is 11.6. The molecule has 0 saturated heterocycles. The van der Waals surface area contributed by atoms with Crippen LogP contribution in [0.4, 0.5) is 4.79 Å². The third kappa shape index (κ3) is 7.13. The summed E-state index contributed by atoms with van der Waals surface area (Å²) in [5, 5.41) is 10.4. The van der Waals surface area contributed by atoms with Crippen LogP contribution in [0.1, 0.15) is 46.7 Å². The summed E-state index contributed by atoms with van der Waals surface area (Å²) in [5.41, 5.74) is 0.686. The monoisotopic (exact) mass is 296 g/mol. The lowest BCUT2D eigenvalue weighted by Gasteiger charge is -2.22. The van der Waals surface area contributed by atoms with Crippen LogP contribution in [0.3, 0.4) is 0 Å². The summed E-state index contributed by atoms with van der Waals surface area (Å²) in [6, 6.07) is 2.01. The molecule has 0 fully saturated rings. The molecule has 0 aliphatic heterocycles. The first-order valence-electron chi connectivity index (χ1n) is 7.52. The SMILES string of the molecule is CCCn1nccc1CNCC(C)NC(=O)OC(C)(C)C. The topological polar surface area (TPSA) is 68.2 Å². The Morgan fingerprint density at radius 1 is 1.48 bits per heavy atom. The molecule has 6 heteroatoms. The average Bonchev–Trinajstić information content (AvgIpc) is 2.74. The van der Waals surface area contributed by atoms with Crippen LogP contribution in [-0.4, -0.2) is 34.1 Å². The van der Waals surface area contributed by atoms with Crippen molar-refractivity contribution in [2.24, 2.45) is 0 Å². The summed E-state index contributed by atoms with van der Waals surface area (Å²) < 4.78 is 7.22. The normalized spacial score (nSPS) is 13.0. The number of hydrogen-bond donors (Lipinski definition) is 2. The Morgan fingerprint density at radius 3 is 2.81 bits per heavy atom. The number of amides is 1. The van der Waals surface area contributed by atoms with E-state index in [1.165, 1.54) is 0 Å². The number of hydrogen-bond acceptors (Lipinski definition) is 4. The van der Waals surface area contributed by atoms with Gasteiger partial charge in [-0.1, -0.05) is 6.92 Å². The predicted octanol–water partition coefficient (Wildman–Crippen LogP) is 2.30. The molecule has 0 bridgehead atoms. The van der Waals surface area contributed by atoms with Crippen molar-refractivity contribution in [1.82, 2.24) is 20.4 Å². The number of nitrogens with one attached hydrogen (secondary N) is 2. The van der Waals surface area contributed by atoms with Crippen LogP contribution in [0.25, 0.3) is 0 Å². The lowest BCUT2D eigenvalue weighted by Crippen LogP contribution is -2.42. The van der Waals surface area contributed by atoms with Crippen LogP contribution in [0.15, 0.2) is 12.3 Å². The molecule has 2 N–H and O–H groups in total. The molecule has 1 unspecified atom stereocenters. The van der Waals surface area contributed by atoms with E-state index in [9.17, 15) is 4.79 Å². The fourth-order valence-corrected chi connectivity index (χ4v) is 1.90. The maximum Gasteiger partial charge on any atom is 0.407 e. The highest BCUT2D eigenvalue weighted by molar-refractivity contribution is 5.68. The van der Waals surface area contributed by atoms with E-state index in [1.807, 2.05) is 44.6 Å². The van der Waals surface area contributed by atoms with Crippen molar-refractivity contribution in [3.63, 3.8) is 0 Å². The molecule has 1 aromatic rings. The van der Waals surface area contributed by atoms with Crippen molar-refractivity contribution in [3.05, 3.63) is 18.0 Å². The van der Waals surface area contributed by atoms with Gasteiger partial charge in [-0.05, 0) is 40.2 Å². The number of nitrogens with zero attached hydrogens (tertiary/aromatic N) is 2. The van der Waals surface area contributed by atoms with Gasteiger partial charge in [0.2, 0.25) is 0 Å².